The number of nitrogens with zero attached hydrogens (tertiary/aromatic N) is 1. The van der Waals surface area contributed by atoms with Crippen molar-refractivity contribution in [2.24, 2.45) is 0 Å². The Balaban J connectivity index is 2.01. The molecule has 0 saturated carbocycles. The molecule has 0 fully saturated rings. The molecule has 1 heterocycles. The van der Waals surface area contributed by atoms with Crippen molar-refractivity contribution in [1.29, 1.82) is 0 Å². The third-order valence-corrected chi connectivity index (χ3v) is 5.99. The van der Waals surface area contributed by atoms with E-state index in [1.54, 1.807) is 18.2 Å². The van der Waals surface area contributed by atoms with Crippen LogP contribution in [0.4, 0.5) is 17.3 Å². The molecule has 0 unspecified atom stereocenters. The van der Waals surface area contributed by atoms with Crippen molar-refractivity contribution in [3.63, 3.8) is 0 Å². The molecule has 3 N–H and O–H groups in total. The molecule has 0 saturated heterocycles. The van der Waals surface area contributed by atoms with E-state index < -0.39 is 10.0 Å². The maximum Gasteiger partial charge on any atom is 0.265 e. The van der Waals surface area contributed by atoms with Crippen molar-refractivity contribution >= 4 is 39.1 Å². The van der Waals surface area contributed by atoms with Crippen LogP contribution in [-0.4, -0.2) is 32.5 Å². The fourth-order valence-corrected chi connectivity index (χ4v) is 4.44. The summed E-state index contributed by atoms with van der Waals surface area (Å²) in [6.45, 7) is 4.59. The van der Waals surface area contributed by atoms with E-state index in [2.05, 4.69) is 20.5 Å². The summed E-state index contributed by atoms with van der Waals surface area (Å²) in [7, 11) is -2.69. The lowest BCUT2D eigenvalue weighted by atomic mass is 10.0. The first-order valence-corrected chi connectivity index (χ1v) is 11.5. The van der Waals surface area contributed by atoms with E-state index in [0.717, 1.165) is 0 Å². The number of anilines is 3. The largest absolute Gasteiger partial charge is 0.495 e. The van der Waals surface area contributed by atoms with E-state index in [-0.39, 0.29) is 28.3 Å². The minimum atomic E-state index is -4.06. The molecular formula is C22H24N4O6S. The Morgan fingerprint density at radius 1 is 1.00 bits per heavy atom. The minimum absolute atomic E-state index is 0.106. The van der Waals surface area contributed by atoms with Crippen LogP contribution in [0.25, 0.3) is 11.1 Å². The Labute approximate surface area is 191 Å². The van der Waals surface area contributed by atoms with Gasteiger partial charge < -0.3 is 14.6 Å². The zero-order chi connectivity index (χ0) is 24.2. The summed E-state index contributed by atoms with van der Waals surface area (Å²) in [6.07, 6.45) is 0.505. The second-order valence-electron chi connectivity index (χ2n) is 7.10. The fraction of sp³-hybridized carbons (Fsp3) is 0.227. The molecule has 0 aliphatic rings. The fourth-order valence-electron chi connectivity index (χ4n) is 3.18. The quantitative estimate of drug-likeness (QED) is 0.455. The Kier molecular flexibility index (Phi) is 7.02. The monoisotopic (exact) mass is 472 g/mol. The number of nitrogens with one attached hydrogen (secondary N) is 3. The van der Waals surface area contributed by atoms with Crippen molar-refractivity contribution in [3.05, 3.63) is 48.2 Å². The number of carbonyl (C=O) groups is 2. The highest BCUT2D eigenvalue weighted by Gasteiger charge is 2.24. The topological polar surface area (TPSA) is 140 Å². The predicted molar refractivity (Wildman–Crippen MR) is 124 cm³/mol. The van der Waals surface area contributed by atoms with Gasteiger partial charge in [0.15, 0.2) is 0 Å². The van der Waals surface area contributed by atoms with Crippen LogP contribution in [0.2, 0.25) is 0 Å². The zero-order valence-electron chi connectivity index (χ0n) is 18.6. The number of methoxy groups -OCH3 is 1. The van der Waals surface area contributed by atoms with Gasteiger partial charge in [0, 0.05) is 25.2 Å². The van der Waals surface area contributed by atoms with E-state index in [9.17, 15) is 18.0 Å². The van der Waals surface area contributed by atoms with Crippen LogP contribution < -0.4 is 20.1 Å². The number of sulfonamides is 1. The lowest BCUT2D eigenvalue weighted by Crippen LogP contribution is -2.14. The number of ether oxygens (including phenoxy) is 1. The average molecular weight is 473 g/mol. The van der Waals surface area contributed by atoms with Crippen LogP contribution in [0.5, 0.6) is 5.75 Å². The van der Waals surface area contributed by atoms with Gasteiger partial charge in [0.2, 0.25) is 17.7 Å². The van der Waals surface area contributed by atoms with E-state index in [4.69, 9.17) is 9.26 Å². The summed E-state index contributed by atoms with van der Waals surface area (Å²) in [5.41, 5.74) is 2.38. The number of aromatic nitrogens is 1. The number of rotatable bonds is 8. The molecule has 10 nitrogen and oxygen atoms in total. The second kappa shape index (κ2) is 9.74. The van der Waals surface area contributed by atoms with Gasteiger partial charge in [-0.15, -0.1) is 0 Å². The summed E-state index contributed by atoms with van der Waals surface area (Å²) >= 11 is 0. The van der Waals surface area contributed by atoms with Gasteiger partial charge >= 0.3 is 0 Å². The predicted octanol–water partition coefficient (Wildman–Crippen LogP) is 3.63. The van der Waals surface area contributed by atoms with Crippen LogP contribution in [0.3, 0.4) is 0 Å². The Morgan fingerprint density at radius 3 is 2.21 bits per heavy atom. The van der Waals surface area contributed by atoms with Crippen LogP contribution in [0.1, 0.15) is 26.5 Å². The lowest BCUT2D eigenvalue weighted by molar-refractivity contribution is -0.115. The maximum absolute atomic E-state index is 13.2. The Morgan fingerprint density at radius 2 is 1.64 bits per heavy atom. The van der Waals surface area contributed by atoms with Crippen LogP contribution in [0.15, 0.2) is 51.9 Å². The minimum Gasteiger partial charge on any atom is -0.495 e. The molecule has 2 aromatic carbocycles. The van der Waals surface area contributed by atoms with Gasteiger partial charge in [0.1, 0.15) is 10.6 Å². The van der Waals surface area contributed by atoms with Gasteiger partial charge in [-0.3, -0.25) is 19.6 Å². The van der Waals surface area contributed by atoms with Crippen molar-refractivity contribution in [3.8, 4) is 16.9 Å². The SMILES string of the molecule is CCc1noc(NC(C)=O)c1-c1ccc(OC)c(S(=O)(=O)Nc2ccc(NC(C)=O)cc2)c1. The first kappa shape index (κ1) is 23.8. The molecule has 1 aromatic heterocycles. The normalized spacial score (nSPS) is 11.0. The number of amides is 2. The van der Waals surface area contributed by atoms with Gasteiger partial charge in [-0.05, 0) is 48.4 Å². The first-order valence-electron chi connectivity index (χ1n) is 9.99. The Hall–Kier alpha value is -3.86. The summed E-state index contributed by atoms with van der Waals surface area (Å²) in [6, 6.07) is 10.8. The van der Waals surface area contributed by atoms with Crippen LogP contribution >= 0.6 is 0 Å². The lowest BCUT2D eigenvalue weighted by Gasteiger charge is -2.14. The van der Waals surface area contributed by atoms with Gasteiger partial charge in [0.05, 0.1) is 18.4 Å². The summed E-state index contributed by atoms with van der Waals surface area (Å²) in [5.74, 6) is -0.310. The van der Waals surface area contributed by atoms with Gasteiger partial charge in [0.25, 0.3) is 10.0 Å². The number of carbonyl (C=O) groups excluding carboxylic acids is 2. The molecular weight excluding hydrogens is 448 g/mol. The summed E-state index contributed by atoms with van der Waals surface area (Å²) in [4.78, 5) is 22.6. The van der Waals surface area contributed by atoms with E-state index in [0.29, 0.717) is 34.6 Å². The van der Waals surface area contributed by atoms with Crippen molar-refractivity contribution in [2.75, 3.05) is 22.5 Å². The molecule has 3 aromatic rings. The molecule has 0 spiro atoms. The third kappa shape index (κ3) is 5.50. The highest BCUT2D eigenvalue weighted by Crippen LogP contribution is 2.37. The van der Waals surface area contributed by atoms with Crippen molar-refractivity contribution in [1.82, 2.24) is 5.16 Å². The number of benzene rings is 2. The molecule has 0 bridgehead atoms. The van der Waals surface area contributed by atoms with Crippen LogP contribution in [-0.2, 0) is 26.0 Å². The zero-order valence-corrected chi connectivity index (χ0v) is 19.4. The third-order valence-electron chi connectivity index (χ3n) is 4.59. The first-order chi connectivity index (χ1) is 15.6. The molecule has 0 atom stereocenters. The molecule has 174 valence electrons. The summed E-state index contributed by atoms with van der Waals surface area (Å²) < 4.78 is 39.5. The van der Waals surface area contributed by atoms with Crippen molar-refractivity contribution in [2.45, 2.75) is 32.1 Å². The number of aryl methyl sites for hydroxylation is 1. The molecule has 0 aliphatic carbocycles. The van der Waals surface area contributed by atoms with Gasteiger partial charge in [-0.1, -0.05) is 18.1 Å². The van der Waals surface area contributed by atoms with Crippen LogP contribution in [0, 0.1) is 0 Å². The number of hydrogen-bond donors (Lipinski definition) is 3. The maximum atomic E-state index is 13.2. The summed E-state index contributed by atoms with van der Waals surface area (Å²) in [5, 5.41) is 9.17. The van der Waals surface area contributed by atoms with Gasteiger partial charge in [-0.2, -0.15) is 0 Å². The smallest absolute Gasteiger partial charge is 0.265 e. The standard InChI is InChI=1S/C22H24N4O6S/c1-5-18-21(22(32-25-18)24-14(3)28)15-6-11-19(31-4)20(12-15)33(29,30)26-17-9-7-16(8-10-17)23-13(2)27/h6-12,26H,5H2,1-4H3,(H,23,27)(H,24,28). The molecule has 3 rings (SSSR count). The molecule has 11 heteroatoms. The van der Waals surface area contributed by atoms with E-state index >= 15 is 0 Å². The second-order valence-corrected chi connectivity index (χ2v) is 8.75. The average Bonchev–Trinajstić information content (AvgIpc) is 3.16. The molecule has 0 radical (unpaired) electrons. The number of hydrogen-bond acceptors (Lipinski definition) is 7. The highest BCUT2D eigenvalue weighted by molar-refractivity contribution is 7.92. The van der Waals surface area contributed by atoms with E-state index in [1.807, 2.05) is 6.92 Å². The highest BCUT2D eigenvalue weighted by atomic mass is 32.2. The van der Waals surface area contributed by atoms with E-state index in [1.165, 1.54) is 45.2 Å². The Bertz CT molecular complexity index is 1280. The molecule has 33 heavy (non-hydrogen) atoms. The molecule has 2 amide bonds. The van der Waals surface area contributed by atoms with Crippen molar-refractivity contribution < 1.29 is 27.3 Å². The van der Waals surface area contributed by atoms with Gasteiger partial charge in [-0.25, -0.2) is 8.42 Å². The molecule has 0 aliphatic heterocycles.